The Kier molecular flexibility index (Phi) is 4.00. The zero-order valence-corrected chi connectivity index (χ0v) is 11.5. The average molecular weight is 262 g/mol. The van der Waals surface area contributed by atoms with Gasteiger partial charge in [-0.25, -0.2) is 4.39 Å². The van der Waals surface area contributed by atoms with E-state index >= 15 is 0 Å². The van der Waals surface area contributed by atoms with Crippen LogP contribution >= 0.6 is 0 Å². The molecule has 0 radical (unpaired) electrons. The van der Waals surface area contributed by atoms with Gasteiger partial charge in [0.15, 0.2) is 0 Å². The molecule has 0 spiro atoms. The third kappa shape index (κ3) is 3.01. The zero-order chi connectivity index (χ0) is 14.0. The average Bonchev–Trinajstić information content (AvgIpc) is 2.69. The molecule has 0 fully saturated rings. The quantitative estimate of drug-likeness (QED) is 0.920. The summed E-state index contributed by atoms with van der Waals surface area (Å²) >= 11 is 0. The van der Waals surface area contributed by atoms with E-state index in [4.69, 9.17) is 0 Å². The molecule has 0 aliphatic carbocycles. The molecule has 2 rings (SSSR count). The molecule has 0 bridgehead atoms. The molecule has 0 amide bonds. The molecule has 0 aliphatic rings. The standard InChI is InChI=1S/C15H19FN2O/c1-4-18-12(8-11(3)17-18)9-15(19)13-6-5-10(2)7-14(13)16/h5-8,15,19H,4,9H2,1-3H3. The fourth-order valence-electron chi connectivity index (χ4n) is 2.25. The Balaban J connectivity index is 2.22. The highest BCUT2D eigenvalue weighted by Gasteiger charge is 2.16. The lowest BCUT2D eigenvalue weighted by Crippen LogP contribution is -2.09. The van der Waals surface area contributed by atoms with E-state index in [1.54, 1.807) is 6.07 Å². The smallest absolute Gasteiger partial charge is 0.129 e. The summed E-state index contributed by atoms with van der Waals surface area (Å²) in [6.45, 7) is 6.48. The van der Waals surface area contributed by atoms with E-state index in [0.717, 1.165) is 23.5 Å². The molecule has 1 aromatic carbocycles. The summed E-state index contributed by atoms with van der Waals surface area (Å²) in [5.41, 5.74) is 3.02. The monoisotopic (exact) mass is 262 g/mol. The second-order valence-corrected chi connectivity index (χ2v) is 4.84. The van der Waals surface area contributed by atoms with Crippen molar-refractivity contribution in [3.8, 4) is 0 Å². The number of rotatable bonds is 4. The van der Waals surface area contributed by atoms with Crippen molar-refractivity contribution in [1.29, 1.82) is 0 Å². The van der Waals surface area contributed by atoms with E-state index in [9.17, 15) is 9.50 Å². The highest BCUT2D eigenvalue weighted by Crippen LogP contribution is 2.22. The summed E-state index contributed by atoms with van der Waals surface area (Å²) in [6.07, 6.45) is -0.476. The van der Waals surface area contributed by atoms with Crippen LogP contribution in [0.5, 0.6) is 0 Å². The first-order chi connectivity index (χ1) is 9.01. The van der Waals surface area contributed by atoms with E-state index < -0.39 is 6.10 Å². The largest absolute Gasteiger partial charge is 0.388 e. The van der Waals surface area contributed by atoms with Crippen LogP contribution < -0.4 is 0 Å². The molecule has 1 heterocycles. The Hall–Kier alpha value is -1.68. The maximum Gasteiger partial charge on any atom is 0.129 e. The van der Waals surface area contributed by atoms with E-state index in [-0.39, 0.29) is 5.82 Å². The molecular weight excluding hydrogens is 243 g/mol. The van der Waals surface area contributed by atoms with Gasteiger partial charge in [-0.15, -0.1) is 0 Å². The summed E-state index contributed by atoms with van der Waals surface area (Å²) in [5.74, 6) is -0.355. The Morgan fingerprint density at radius 1 is 1.32 bits per heavy atom. The number of halogens is 1. The van der Waals surface area contributed by atoms with Gasteiger partial charge in [-0.2, -0.15) is 5.10 Å². The molecule has 19 heavy (non-hydrogen) atoms. The van der Waals surface area contributed by atoms with Gasteiger partial charge in [-0.3, -0.25) is 4.68 Å². The van der Waals surface area contributed by atoms with Crippen molar-refractivity contribution in [1.82, 2.24) is 9.78 Å². The van der Waals surface area contributed by atoms with Crippen LogP contribution in [-0.4, -0.2) is 14.9 Å². The predicted molar refractivity (Wildman–Crippen MR) is 72.4 cm³/mol. The summed E-state index contributed by atoms with van der Waals surface area (Å²) < 4.78 is 15.6. The molecule has 1 unspecified atom stereocenters. The molecule has 1 N–H and O–H groups in total. The third-order valence-electron chi connectivity index (χ3n) is 3.20. The molecule has 4 heteroatoms. The number of hydrogen-bond acceptors (Lipinski definition) is 2. The predicted octanol–water partition coefficient (Wildman–Crippen LogP) is 2.94. The fraction of sp³-hybridized carbons (Fsp3) is 0.400. The lowest BCUT2D eigenvalue weighted by Gasteiger charge is -2.13. The van der Waals surface area contributed by atoms with Gasteiger partial charge < -0.3 is 5.11 Å². The van der Waals surface area contributed by atoms with E-state index in [1.807, 2.05) is 37.6 Å². The van der Waals surface area contributed by atoms with Gasteiger partial charge in [0.25, 0.3) is 0 Å². The summed E-state index contributed by atoms with van der Waals surface area (Å²) in [4.78, 5) is 0. The Morgan fingerprint density at radius 2 is 2.05 bits per heavy atom. The normalized spacial score (nSPS) is 12.7. The van der Waals surface area contributed by atoms with Gasteiger partial charge in [0, 0.05) is 24.2 Å². The minimum Gasteiger partial charge on any atom is -0.388 e. The van der Waals surface area contributed by atoms with Gasteiger partial charge in [0.1, 0.15) is 5.82 Å². The Labute approximate surface area is 112 Å². The van der Waals surface area contributed by atoms with Crippen LogP contribution in [0, 0.1) is 19.7 Å². The van der Waals surface area contributed by atoms with Gasteiger partial charge in [0.2, 0.25) is 0 Å². The number of aryl methyl sites for hydroxylation is 3. The lowest BCUT2D eigenvalue weighted by atomic mass is 10.0. The molecule has 0 aliphatic heterocycles. The van der Waals surface area contributed by atoms with Crippen LogP contribution in [0.4, 0.5) is 4.39 Å². The Bertz CT molecular complexity index is 578. The SMILES string of the molecule is CCn1nc(C)cc1CC(O)c1ccc(C)cc1F. The second-order valence-electron chi connectivity index (χ2n) is 4.84. The minimum atomic E-state index is -0.845. The van der Waals surface area contributed by atoms with Crippen LogP contribution in [0.1, 0.15) is 35.5 Å². The molecule has 1 aromatic heterocycles. The minimum absolute atomic E-state index is 0.340. The van der Waals surface area contributed by atoms with Crippen LogP contribution in [0.2, 0.25) is 0 Å². The van der Waals surface area contributed by atoms with Gasteiger partial charge in [0.05, 0.1) is 11.8 Å². The van der Waals surface area contributed by atoms with E-state index in [1.165, 1.54) is 6.07 Å². The van der Waals surface area contributed by atoms with Crippen molar-refractivity contribution in [2.75, 3.05) is 0 Å². The first-order valence-corrected chi connectivity index (χ1v) is 6.48. The summed E-state index contributed by atoms with van der Waals surface area (Å²) in [5, 5.41) is 14.5. The number of aliphatic hydroxyl groups is 1. The maximum atomic E-state index is 13.8. The summed E-state index contributed by atoms with van der Waals surface area (Å²) in [6, 6.07) is 6.83. The van der Waals surface area contributed by atoms with Crippen molar-refractivity contribution >= 4 is 0 Å². The first-order valence-electron chi connectivity index (χ1n) is 6.48. The molecule has 102 valence electrons. The van der Waals surface area contributed by atoms with Crippen molar-refractivity contribution < 1.29 is 9.50 Å². The maximum absolute atomic E-state index is 13.8. The van der Waals surface area contributed by atoms with E-state index in [2.05, 4.69) is 5.10 Å². The van der Waals surface area contributed by atoms with Gasteiger partial charge in [-0.05, 0) is 38.5 Å². The third-order valence-corrected chi connectivity index (χ3v) is 3.20. The van der Waals surface area contributed by atoms with Gasteiger partial charge in [-0.1, -0.05) is 12.1 Å². The lowest BCUT2D eigenvalue weighted by molar-refractivity contribution is 0.170. The second kappa shape index (κ2) is 5.53. The van der Waals surface area contributed by atoms with Crippen LogP contribution in [0.3, 0.4) is 0 Å². The highest BCUT2D eigenvalue weighted by molar-refractivity contribution is 5.26. The fourth-order valence-corrected chi connectivity index (χ4v) is 2.25. The van der Waals surface area contributed by atoms with Crippen molar-refractivity contribution in [3.63, 3.8) is 0 Å². The number of aromatic nitrogens is 2. The molecule has 2 aromatic rings. The Morgan fingerprint density at radius 3 is 2.68 bits per heavy atom. The zero-order valence-electron chi connectivity index (χ0n) is 11.5. The molecule has 0 saturated carbocycles. The van der Waals surface area contributed by atoms with Crippen molar-refractivity contribution in [2.45, 2.75) is 39.8 Å². The topological polar surface area (TPSA) is 38.0 Å². The number of aliphatic hydroxyl groups excluding tert-OH is 1. The van der Waals surface area contributed by atoms with E-state index in [0.29, 0.717) is 12.0 Å². The van der Waals surface area contributed by atoms with Crippen LogP contribution in [0.25, 0.3) is 0 Å². The van der Waals surface area contributed by atoms with Crippen LogP contribution in [0.15, 0.2) is 24.3 Å². The highest BCUT2D eigenvalue weighted by atomic mass is 19.1. The van der Waals surface area contributed by atoms with Crippen molar-refractivity contribution in [2.24, 2.45) is 0 Å². The van der Waals surface area contributed by atoms with Crippen LogP contribution in [-0.2, 0) is 13.0 Å². The molecular formula is C15H19FN2O. The van der Waals surface area contributed by atoms with Crippen molar-refractivity contribution in [3.05, 3.63) is 52.6 Å². The number of nitrogens with zero attached hydrogens (tertiary/aromatic N) is 2. The first kappa shape index (κ1) is 13.7. The molecule has 3 nitrogen and oxygen atoms in total. The van der Waals surface area contributed by atoms with Gasteiger partial charge >= 0.3 is 0 Å². The number of benzene rings is 1. The molecule has 0 saturated heterocycles. The molecule has 1 atom stereocenters. The number of hydrogen-bond donors (Lipinski definition) is 1. The summed E-state index contributed by atoms with van der Waals surface area (Å²) in [7, 11) is 0.